The topological polar surface area (TPSA) is 103 Å². The fraction of sp³-hybridized carbons (Fsp3) is 0.333. The van der Waals surface area contributed by atoms with Crippen molar-refractivity contribution in [3.05, 3.63) is 39.7 Å². The van der Waals surface area contributed by atoms with E-state index in [1.54, 1.807) is 0 Å². The van der Waals surface area contributed by atoms with Crippen molar-refractivity contribution in [3.63, 3.8) is 0 Å². The number of rotatable bonds is 5. The molecule has 1 fully saturated rings. The van der Waals surface area contributed by atoms with Crippen LogP contribution in [0.5, 0.6) is 0 Å². The third-order valence-electron chi connectivity index (χ3n) is 4.82. The molecular formula is C18H14F5N5O2S. The van der Waals surface area contributed by atoms with Crippen LogP contribution in [-0.4, -0.2) is 26.6 Å². The van der Waals surface area contributed by atoms with Crippen LogP contribution in [0.4, 0.5) is 27.6 Å². The summed E-state index contributed by atoms with van der Waals surface area (Å²) in [5.41, 5.74) is 3.68. The average Bonchev–Trinajstić information content (AvgIpc) is 3.33. The van der Waals surface area contributed by atoms with Crippen LogP contribution in [-0.2, 0) is 13.2 Å². The van der Waals surface area contributed by atoms with Gasteiger partial charge in [0.25, 0.3) is 18.2 Å². The number of hydrogen-bond acceptors (Lipinski definition) is 5. The number of alkyl halides is 5. The molecule has 0 radical (unpaired) electrons. The Hall–Kier alpha value is -3.09. The lowest BCUT2D eigenvalue weighted by atomic mass is 10.0. The van der Waals surface area contributed by atoms with Gasteiger partial charge in [-0.15, -0.1) is 11.3 Å². The zero-order chi connectivity index (χ0) is 22.7. The van der Waals surface area contributed by atoms with Crippen molar-refractivity contribution in [1.29, 1.82) is 0 Å². The highest BCUT2D eigenvalue weighted by Crippen LogP contribution is 2.48. The number of carbonyl (C=O) groups excluding carboxylic acids is 2. The molecule has 2 amide bonds. The second kappa shape index (κ2) is 7.25. The Morgan fingerprint density at radius 2 is 1.97 bits per heavy atom. The maximum absolute atomic E-state index is 13.3. The monoisotopic (exact) mass is 459 g/mol. The van der Waals surface area contributed by atoms with Gasteiger partial charge in [0.1, 0.15) is 21.1 Å². The summed E-state index contributed by atoms with van der Waals surface area (Å²) in [5.74, 6) is -2.00. The largest absolute Gasteiger partial charge is 0.433 e. The second-order valence-electron chi connectivity index (χ2n) is 7.05. The molecule has 0 aromatic carbocycles. The molecule has 0 saturated heterocycles. The first kappa shape index (κ1) is 21.2. The first-order chi connectivity index (χ1) is 14.5. The van der Waals surface area contributed by atoms with E-state index in [9.17, 15) is 31.5 Å². The van der Waals surface area contributed by atoms with Gasteiger partial charge >= 0.3 is 6.18 Å². The van der Waals surface area contributed by atoms with E-state index in [1.807, 2.05) is 0 Å². The number of carbonyl (C=O) groups is 2. The third-order valence-corrected chi connectivity index (χ3v) is 5.92. The van der Waals surface area contributed by atoms with Crippen molar-refractivity contribution < 1.29 is 31.5 Å². The van der Waals surface area contributed by atoms with Gasteiger partial charge < -0.3 is 11.1 Å². The summed E-state index contributed by atoms with van der Waals surface area (Å²) < 4.78 is 66.1. The van der Waals surface area contributed by atoms with E-state index >= 15 is 0 Å². The molecule has 0 bridgehead atoms. The molecule has 0 spiro atoms. The molecule has 3 aromatic heterocycles. The van der Waals surface area contributed by atoms with Crippen LogP contribution < -0.4 is 11.1 Å². The SMILES string of the molecule is Cn1nc(C(=O)Nc2c(C(N)=O)sc3nc(C(F)F)cc(C4CC4)c23)cc1C(F)(F)F. The van der Waals surface area contributed by atoms with Gasteiger partial charge in [-0.2, -0.15) is 18.3 Å². The summed E-state index contributed by atoms with van der Waals surface area (Å²) in [6.45, 7) is 0. The number of pyridine rings is 1. The first-order valence-corrected chi connectivity index (χ1v) is 9.77. The van der Waals surface area contributed by atoms with Crippen LogP contribution in [0.25, 0.3) is 10.2 Å². The van der Waals surface area contributed by atoms with Crippen molar-refractivity contribution in [1.82, 2.24) is 14.8 Å². The number of aromatic nitrogens is 3. The number of nitrogens with two attached hydrogens (primary N) is 1. The van der Waals surface area contributed by atoms with E-state index in [0.717, 1.165) is 31.2 Å². The molecule has 0 unspecified atom stereocenters. The molecule has 0 aliphatic heterocycles. The van der Waals surface area contributed by atoms with Gasteiger partial charge in [-0.05, 0) is 30.4 Å². The van der Waals surface area contributed by atoms with Gasteiger partial charge in [-0.1, -0.05) is 0 Å². The van der Waals surface area contributed by atoms with Crippen LogP contribution in [0.3, 0.4) is 0 Å². The number of nitrogens with zero attached hydrogens (tertiary/aromatic N) is 3. The van der Waals surface area contributed by atoms with Gasteiger partial charge in [0.05, 0.1) is 5.69 Å². The molecule has 1 aliphatic carbocycles. The lowest BCUT2D eigenvalue weighted by molar-refractivity contribution is -0.143. The Labute approximate surface area is 175 Å². The molecule has 1 saturated carbocycles. The number of aryl methyl sites for hydroxylation is 1. The van der Waals surface area contributed by atoms with Gasteiger partial charge in [0.15, 0.2) is 5.69 Å². The Morgan fingerprint density at radius 1 is 1.29 bits per heavy atom. The van der Waals surface area contributed by atoms with Crippen molar-refractivity contribution in [2.75, 3.05) is 5.32 Å². The Balaban J connectivity index is 1.82. The summed E-state index contributed by atoms with van der Waals surface area (Å²) in [7, 11) is 1.04. The maximum atomic E-state index is 13.3. The summed E-state index contributed by atoms with van der Waals surface area (Å²) >= 11 is 0.733. The van der Waals surface area contributed by atoms with E-state index in [-0.39, 0.29) is 26.7 Å². The zero-order valence-electron chi connectivity index (χ0n) is 15.8. The number of thiophene rings is 1. The number of anilines is 1. The first-order valence-electron chi connectivity index (χ1n) is 8.95. The van der Waals surface area contributed by atoms with Crippen molar-refractivity contribution >= 4 is 39.1 Å². The number of primary amides is 1. The highest BCUT2D eigenvalue weighted by molar-refractivity contribution is 7.21. The Bertz CT molecular complexity index is 1210. The van der Waals surface area contributed by atoms with Crippen LogP contribution in [0.1, 0.15) is 62.3 Å². The molecule has 31 heavy (non-hydrogen) atoms. The fourth-order valence-electron chi connectivity index (χ4n) is 3.29. The number of nitrogens with one attached hydrogen (secondary N) is 1. The van der Waals surface area contributed by atoms with Crippen LogP contribution in [0, 0.1) is 0 Å². The molecule has 164 valence electrons. The molecule has 4 rings (SSSR count). The second-order valence-corrected chi connectivity index (χ2v) is 8.05. The summed E-state index contributed by atoms with van der Waals surface area (Å²) in [4.78, 5) is 28.4. The van der Waals surface area contributed by atoms with Gasteiger partial charge in [-0.3, -0.25) is 14.3 Å². The molecular weight excluding hydrogens is 445 g/mol. The standard InChI is InChI=1S/C18H14F5N5O2S/c1-28-10(18(21,22)23)5-9(27-28)16(30)26-12-11-7(6-2-3-6)4-8(14(19)20)25-17(11)31-13(12)15(24)29/h4-6,14H,2-3H2,1H3,(H2,24,29)(H,26,30). The Kier molecular flexibility index (Phi) is 4.95. The molecule has 0 atom stereocenters. The van der Waals surface area contributed by atoms with E-state index < -0.39 is 41.5 Å². The molecule has 3 N–H and O–H groups in total. The summed E-state index contributed by atoms with van der Waals surface area (Å²) in [6.07, 6.45) is -6.10. The van der Waals surface area contributed by atoms with Gasteiger partial charge in [-0.25, -0.2) is 13.8 Å². The van der Waals surface area contributed by atoms with Crippen molar-refractivity contribution in [2.45, 2.75) is 31.4 Å². The average molecular weight is 459 g/mol. The minimum Gasteiger partial charge on any atom is -0.365 e. The van der Waals surface area contributed by atoms with Gasteiger partial charge in [0, 0.05) is 18.5 Å². The zero-order valence-corrected chi connectivity index (χ0v) is 16.6. The fourth-order valence-corrected chi connectivity index (χ4v) is 4.31. The van der Waals surface area contributed by atoms with Crippen LogP contribution in [0.15, 0.2) is 12.1 Å². The maximum Gasteiger partial charge on any atom is 0.433 e. The van der Waals surface area contributed by atoms with Gasteiger partial charge in [0.2, 0.25) is 0 Å². The van der Waals surface area contributed by atoms with Crippen LogP contribution in [0.2, 0.25) is 0 Å². The number of hydrogen-bond donors (Lipinski definition) is 2. The molecule has 3 heterocycles. The third kappa shape index (κ3) is 3.84. The van der Waals surface area contributed by atoms with E-state index in [1.165, 1.54) is 6.07 Å². The van der Waals surface area contributed by atoms with Crippen LogP contribution >= 0.6 is 11.3 Å². The quantitative estimate of drug-likeness (QED) is 0.558. The number of amides is 2. The van der Waals surface area contributed by atoms with E-state index in [0.29, 0.717) is 16.3 Å². The molecule has 1 aliphatic rings. The molecule has 13 heteroatoms. The van der Waals surface area contributed by atoms with E-state index in [4.69, 9.17) is 5.73 Å². The highest BCUT2D eigenvalue weighted by atomic mass is 32.1. The predicted molar refractivity (Wildman–Crippen MR) is 101 cm³/mol. The summed E-state index contributed by atoms with van der Waals surface area (Å²) in [6, 6.07) is 1.79. The normalized spacial score (nSPS) is 14.4. The van der Waals surface area contributed by atoms with E-state index in [2.05, 4.69) is 15.4 Å². The minimum absolute atomic E-state index is 0.0549. The minimum atomic E-state index is -4.72. The van der Waals surface area contributed by atoms with Crippen molar-refractivity contribution in [2.24, 2.45) is 12.8 Å². The lowest BCUT2D eigenvalue weighted by Crippen LogP contribution is -2.17. The van der Waals surface area contributed by atoms with Crippen molar-refractivity contribution in [3.8, 4) is 0 Å². The smallest absolute Gasteiger partial charge is 0.365 e. The Morgan fingerprint density at radius 3 is 2.48 bits per heavy atom. The lowest BCUT2D eigenvalue weighted by Gasteiger charge is -2.09. The summed E-state index contributed by atoms with van der Waals surface area (Å²) in [5, 5.41) is 6.25. The number of halogens is 5. The number of fused-ring (bicyclic) bond motifs is 1. The molecule has 7 nitrogen and oxygen atoms in total. The highest BCUT2D eigenvalue weighted by Gasteiger charge is 2.36. The predicted octanol–water partition coefficient (Wildman–Crippen LogP) is 4.21. The molecule has 3 aromatic rings.